The first-order chi connectivity index (χ1) is 11.7. The minimum absolute atomic E-state index is 0.0570. The average molecular weight is 328 g/mol. The van der Waals surface area contributed by atoms with Crippen LogP contribution < -0.4 is 10.1 Å². The van der Waals surface area contributed by atoms with E-state index in [1.165, 1.54) is 7.11 Å². The Balaban J connectivity index is 2.02. The molecule has 2 N–H and O–H groups in total. The van der Waals surface area contributed by atoms with Crippen LogP contribution in [0.2, 0.25) is 0 Å². The number of methoxy groups -OCH3 is 2. The van der Waals surface area contributed by atoms with Crippen LogP contribution in [0, 0.1) is 0 Å². The third kappa shape index (κ3) is 2.88. The number of amides is 1. The second kappa shape index (κ2) is 6.80. The first-order valence-electron chi connectivity index (χ1n) is 7.68. The number of anilines is 1. The van der Waals surface area contributed by atoms with E-state index >= 15 is 0 Å². The molecular weight excluding hydrogens is 308 g/mol. The molecule has 1 heterocycles. The van der Waals surface area contributed by atoms with Crippen molar-refractivity contribution in [1.82, 2.24) is 4.90 Å². The number of phenols is 1. The predicted octanol–water partition coefficient (Wildman–Crippen LogP) is 2.61. The Morgan fingerprint density at radius 1 is 1.21 bits per heavy atom. The summed E-state index contributed by atoms with van der Waals surface area (Å²) in [5.41, 5.74) is 2.24. The molecule has 1 amide bonds. The van der Waals surface area contributed by atoms with Gasteiger partial charge < -0.3 is 24.8 Å². The van der Waals surface area contributed by atoms with Gasteiger partial charge in [0.05, 0.1) is 19.3 Å². The molecule has 1 aliphatic heterocycles. The van der Waals surface area contributed by atoms with Gasteiger partial charge in [-0.05, 0) is 29.8 Å². The molecule has 1 aliphatic rings. The fourth-order valence-electron chi connectivity index (χ4n) is 2.84. The molecule has 0 bridgehead atoms. The van der Waals surface area contributed by atoms with Gasteiger partial charge in [0, 0.05) is 19.3 Å². The summed E-state index contributed by atoms with van der Waals surface area (Å²) in [6, 6.07) is 12.5. The number of rotatable bonds is 5. The smallest absolute Gasteiger partial charge is 0.257 e. The summed E-state index contributed by atoms with van der Waals surface area (Å²) in [4.78, 5) is 14.6. The topological polar surface area (TPSA) is 71.0 Å². The molecule has 0 radical (unpaired) electrons. The third-order valence-corrected chi connectivity index (χ3v) is 4.08. The number of nitrogens with zero attached hydrogens (tertiary/aromatic N) is 1. The molecule has 0 saturated carbocycles. The van der Waals surface area contributed by atoms with Crippen LogP contribution in [0.15, 0.2) is 42.5 Å². The molecule has 0 unspecified atom stereocenters. The highest BCUT2D eigenvalue weighted by Gasteiger charge is 2.32. The Morgan fingerprint density at radius 3 is 2.75 bits per heavy atom. The van der Waals surface area contributed by atoms with Crippen molar-refractivity contribution in [3.8, 4) is 11.5 Å². The molecule has 0 fully saturated rings. The van der Waals surface area contributed by atoms with Gasteiger partial charge in [-0.2, -0.15) is 0 Å². The van der Waals surface area contributed by atoms with Gasteiger partial charge in [0.1, 0.15) is 6.17 Å². The zero-order chi connectivity index (χ0) is 17.1. The summed E-state index contributed by atoms with van der Waals surface area (Å²) in [6.07, 6.45) is -0.364. The van der Waals surface area contributed by atoms with E-state index in [1.54, 1.807) is 36.3 Å². The van der Waals surface area contributed by atoms with Gasteiger partial charge in [-0.1, -0.05) is 18.2 Å². The second-order valence-electron chi connectivity index (χ2n) is 5.52. The first-order valence-corrected chi connectivity index (χ1v) is 7.68. The second-order valence-corrected chi connectivity index (χ2v) is 5.52. The minimum atomic E-state index is -0.364. The molecule has 3 rings (SSSR count). The van der Waals surface area contributed by atoms with Crippen LogP contribution in [-0.4, -0.2) is 43.3 Å². The molecule has 0 spiro atoms. The molecular formula is C18H20N2O4. The lowest BCUT2D eigenvalue weighted by atomic mass is 10.0. The van der Waals surface area contributed by atoms with Gasteiger partial charge in [-0.15, -0.1) is 0 Å². The zero-order valence-corrected chi connectivity index (χ0v) is 13.7. The third-order valence-electron chi connectivity index (χ3n) is 4.08. The number of carbonyl (C=O) groups excluding carboxylic acids is 1. The van der Waals surface area contributed by atoms with Gasteiger partial charge >= 0.3 is 0 Å². The SMILES string of the molecule is COCCN1C(=O)c2ccccc2N[C@H]1c1ccc(O)c(OC)c1. The Kier molecular flexibility index (Phi) is 4.57. The predicted molar refractivity (Wildman–Crippen MR) is 90.4 cm³/mol. The van der Waals surface area contributed by atoms with Crippen LogP contribution >= 0.6 is 0 Å². The quantitative estimate of drug-likeness (QED) is 0.883. The van der Waals surface area contributed by atoms with Gasteiger partial charge in [-0.25, -0.2) is 0 Å². The molecule has 0 saturated heterocycles. The maximum absolute atomic E-state index is 12.9. The minimum Gasteiger partial charge on any atom is -0.504 e. The first kappa shape index (κ1) is 16.1. The van der Waals surface area contributed by atoms with Crippen molar-refractivity contribution in [3.63, 3.8) is 0 Å². The van der Waals surface area contributed by atoms with Crippen molar-refractivity contribution in [2.45, 2.75) is 6.17 Å². The van der Waals surface area contributed by atoms with Crippen molar-refractivity contribution in [2.75, 3.05) is 32.7 Å². The molecule has 1 atom stereocenters. The monoisotopic (exact) mass is 328 g/mol. The van der Waals surface area contributed by atoms with E-state index in [4.69, 9.17) is 9.47 Å². The summed E-state index contributed by atoms with van der Waals surface area (Å²) in [7, 11) is 3.10. The average Bonchev–Trinajstić information content (AvgIpc) is 2.61. The highest BCUT2D eigenvalue weighted by molar-refractivity contribution is 6.01. The van der Waals surface area contributed by atoms with Crippen molar-refractivity contribution >= 4 is 11.6 Å². The molecule has 6 heteroatoms. The van der Waals surface area contributed by atoms with Crippen LogP contribution in [0.3, 0.4) is 0 Å². The van der Waals surface area contributed by atoms with Crippen LogP contribution in [0.25, 0.3) is 0 Å². The Hall–Kier alpha value is -2.73. The zero-order valence-electron chi connectivity index (χ0n) is 13.7. The van der Waals surface area contributed by atoms with E-state index in [9.17, 15) is 9.90 Å². The summed E-state index contributed by atoms with van der Waals surface area (Å²) in [6.45, 7) is 0.881. The standard InChI is InChI=1S/C18H20N2O4/c1-23-10-9-20-17(12-7-8-15(21)16(11-12)24-2)19-14-6-4-3-5-13(14)18(20)22/h3-8,11,17,19,21H,9-10H2,1-2H3/t17-/m1/s1. The number of hydrogen-bond acceptors (Lipinski definition) is 5. The number of para-hydroxylation sites is 1. The fourth-order valence-corrected chi connectivity index (χ4v) is 2.84. The Morgan fingerprint density at radius 2 is 2.00 bits per heavy atom. The fraction of sp³-hybridized carbons (Fsp3) is 0.278. The Bertz CT molecular complexity index is 748. The number of fused-ring (bicyclic) bond motifs is 1. The maximum Gasteiger partial charge on any atom is 0.257 e. The molecule has 0 aliphatic carbocycles. The highest BCUT2D eigenvalue weighted by Crippen LogP contribution is 2.36. The van der Waals surface area contributed by atoms with E-state index in [-0.39, 0.29) is 17.8 Å². The highest BCUT2D eigenvalue weighted by atomic mass is 16.5. The summed E-state index contributed by atoms with van der Waals surface area (Å²) >= 11 is 0. The van der Waals surface area contributed by atoms with Crippen molar-refractivity contribution in [1.29, 1.82) is 0 Å². The van der Waals surface area contributed by atoms with Gasteiger partial charge in [0.2, 0.25) is 0 Å². The van der Waals surface area contributed by atoms with Crippen molar-refractivity contribution in [2.24, 2.45) is 0 Å². The van der Waals surface area contributed by atoms with Gasteiger partial charge in [0.25, 0.3) is 5.91 Å². The number of carbonyl (C=O) groups is 1. The number of benzene rings is 2. The van der Waals surface area contributed by atoms with E-state index < -0.39 is 0 Å². The van der Waals surface area contributed by atoms with E-state index in [2.05, 4.69) is 5.32 Å². The van der Waals surface area contributed by atoms with E-state index in [0.717, 1.165) is 11.3 Å². The number of ether oxygens (including phenoxy) is 2. The summed E-state index contributed by atoms with van der Waals surface area (Å²) in [5, 5.41) is 13.2. The van der Waals surface area contributed by atoms with Crippen LogP contribution in [-0.2, 0) is 4.74 Å². The largest absolute Gasteiger partial charge is 0.504 e. The van der Waals surface area contributed by atoms with E-state index in [0.29, 0.717) is 24.5 Å². The molecule has 0 aromatic heterocycles. The summed E-state index contributed by atoms with van der Waals surface area (Å²) < 4.78 is 10.3. The summed E-state index contributed by atoms with van der Waals surface area (Å²) in [5.74, 6) is 0.373. The number of aromatic hydroxyl groups is 1. The van der Waals surface area contributed by atoms with Crippen molar-refractivity contribution < 1.29 is 19.4 Å². The van der Waals surface area contributed by atoms with Crippen LogP contribution in [0.4, 0.5) is 5.69 Å². The van der Waals surface area contributed by atoms with Gasteiger partial charge in [-0.3, -0.25) is 4.79 Å². The molecule has 2 aromatic rings. The maximum atomic E-state index is 12.9. The number of phenolic OH excluding ortho intramolecular Hbond substituents is 1. The van der Waals surface area contributed by atoms with Crippen molar-refractivity contribution in [3.05, 3.63) is 53.6 Å². The van der Waals surface area contributed by atoms with Crippen LogP contribution in [0.1, 0.15) is 22.1 Å². The molecule has 6 nitrogen and oxygen atoms in total. The van der Waals surface area contributed by atoms with E-state index in [1.807, 2.05) is 18.2 Å². The van der Waals surface area contributed by atoms with Gasteiger partial charge in [0.15, 0.2) is 11.5 Å². The Labute approximate surface area is 140 Å². The number of nitrogens with one attached hydrogen (secondary N) is 1. The van der Waals surface area contributed by atoms with Crippen LogP contribution in [0.5, 0.6) is 11.5 Å². The molecule has 2 aromatic carbocycles. The molecule has 24 heavy (non-hydrogen) atoms. The molecule has 126 valence electrons. The lowest BCUT2D eigenvalue weighted by Crippen LogP contribution is -2.44. The lowest BCUT2D eigenvalue weighted by Gasteiger charge is -2.38. The normalized spacial score (nSPS) is 16.5. The lowest BCUT2D eigenvalue weighted by molar-refractivity contribution is 0.0609. The number of hydrogen-bond donors (Lipinski definition) is 2.